The summed E-state index contributed by atoms with van der Waals surface area (Å²) in [4.78, 5) is 0. The zero-order valence-corrected chi connectivity index (χ0v) is 11.2. The van der Waals surface area contributed by atoms with Gasteiger partial charge in [-0.05, 0) is 30.7 Å². The van der Waals surface area contributed by atoms with Gasteiger partial charge in [-0.25, -0.2) is 8.42 Å². The van der Waals surface area contributed by atoms with Crippen molar-refractivity contribution in [2.45, 2.75) is 35.9 Å². The zero-order valence-electron chi connectivity index (χ0n) is 9.58. The lowest BCUT2D eigenvalue weighted by Gasteiger charge is -2.33. The van der Waals surface area contributed by atoms with Crippen molar-refractivity contribution in [2.24, 2.45) is 0 Å². The first-order valence-corrected chi connectivity index (χ1v) is 8.14. The van der Waals surface area contributed by atoms with E-state index in [0.717, 1.165) is 19.3 Å². The molecule has 0 bridgehead atoms. The summed E-state index contributed by atoms with van der Waals surface area (Å²) in [5.74, 6) is 0. The van der Waals surface area contributed by atoms with Gasteiger partial charge in [0.05, 0.1) is 0 Å². The Labute approximate surface area is 106 Å². The van der Waals surface area contributed by atoms with Crippen LogP contribution in [0.15, 0.2) is 21.7 Å². The number of hydrogen-bond donors (Lipinski definition) is 1. The maximum atomic E-state index is 12.4. The van der Waals surface area contributed by atoms with Gasteiger partial charge in [-0.1, -0.05) is 12.5 Å². The van der Waals surface area contributed by atoms with Crippen molar-refractivity contribution >= 4 is 21.4 Å². The average Bonchev–Trinajstić information content (AvgIpc) is 2.84. The lowest BCUT2D eigenvalue weighted by atomic mass is 10.0. The Kier molecular flexibility index (Phi) is 4.19. The third kappa shape index (κ3) is 2.70. The molecule has 4 nitrogen and oxygen atoms in total. The molecular weight excluding hydrogens is 258 g/mol. The Balaban J connectivity index is 2.24. The van der Waals surface area contributed by atoms with Gasteiger partial charge in [0.25, 0.3) is 10.0 Å². The van der Waals surface area contributed by atoms with E-state index in [0.29, 0.717) is 17.2 Å². The standard InChI is InChI=1S/C11H17NO3S2/c13-8-6-10-4-1-2-7-12(10)17(14,15)11-5-3-9-16-11/h3,5,9-10,13H,1-2,4,6-8H2. The van der Waals surface area contributed by atoms with Crippen LogP contribution < -0.4 is 0 Å². The fourth-order valence-corrected chi connectivity index (χ4v) is 5.10. The molecule has 0 aromatic carbocycles. The highest BCUT2D eigenvalue weighted by atomic mass is 32.2. The lowest BCUT2D eigenvalue weighted by Crippen LogP contribution is -2.43. The summed E-state index contributed by atoms with van der Waals surface area (Å²) in [6, 6.07) is 3.36. The molecule has 1 unspecified atom stereocenters. The van der Waals surface area contributed by atoms with Crippen molar-refractivity contribution in [1.82, 2.24) is 4.31 Å². The molecule has 1 atom stereocenters. The number of thiophene rings is 1. The van der Waals surface area contributed by atoms with Crippen molar-refractivity contribution in [3.8, 4) is 0 Å². The van der Waals surface area contributed by atoms with Crippen molar-refractivity contribution in [3.05, 3.63) is 17.5 Å². The zero-order chi connectivity index (χ0) is 12.3. The normalized spacial score (nSPS) is 22.8. The number of sulfonamides is 1. The highest BCUT2D eigenvalue weighted by Gasteiger charge is 2.33. The third-order valence-electron chi connectivity index (χ3n) is 3.09. The van der Waals surface area contributed by atoms with Gasteiger partial charge in [-0.3, -0.25) is 0 Å². The molecule has 2 rings (SSSR count). The Bertz CT molecular complexity index is 439. The highest BCUT2D eigenvalue weighted by Crippen LogP contribution is 2.28. The van der Waals surface area contributed by atoms with Crippen LogP contribution in [0.5, 0.6) is 0 Å². The molecular formula is C11H17NO3S2. The predicted molar refractivity (Wildman–Crippen MR) is 67.6 cm³/mol. The highest BCUT2D eigenvalue weighted by molar-refractivity contribution is 7.91. The molecule has 1 fully saturated rings. The van der Waals surface area contributed by atoms with E-state index < -0.39 is 10.0 Å². The molecule has 0 radical (unpaired) electrons. The predicted octanol–water partition coefficient (Wildman–Crippen LogP) is 1.67. The second kappa shape index (κ2) is 5.48. The maximum Gasteiger partial charge on any atom is 0.252 e. The summed E-state index contributed by atoms with van der Waals surface area (Å²) in [5, 5.41) is 10.8. The van der Waals surface area contributed by atoms with Gasteiger partial charge in [-0.15, -0.1) is 11.3 Å². The Morgan fingerprint density at radius 3 is 2.94 bits per heavy atom. The molecule has 2 heterocycles. The van der Waals surface area contributed by atoms with Crippen molar-refractivity contribution in [2.75, 3.05) is 13.2 Å². The number of nitrogens with zero attached hydrogens (tertiary/aromatic N) is 1. The van der Waals surface area contributed by atoms with Crippen LogP contribution >= 0.6 is 11.3 Å². The number of rotatable bonds is 4. The summed E-state index contributed by atoms with van der Waals surface area (Å²) in [6.07, 6.45) is 3.34. The van der Waals surface area contributed by atoms with Crippen molar-refractivity contribution < 1.29 is 13.5 Å². The Hall–Kier alpha value is -0.430. The van der Waals surface area contributed by atoms with E-state index in [1.165, 1.54) is 11.3 Å². The first-order valence-electron chi connectivity index (χ1n) is 5.82. The van der Waals surface area contributed by atoms with Crippen molar-refractivity contribution in [1.29, 1.82) is 0 Å². The van der Waals surface area contributed by atoms with Crippen LogP contribution in [0.4, 0.5) is 0 Å². The van der Waals surface area contributed by atoms with Crippen LogP contribution in [-0.4, -0.2) is 37.0 Å². The van der Waals surface area contributed by atoms with Gasteiger partial charge in [0, 0.05) is 19.2 Å². The van der Waals surface area contributed by atoms with Gasteiger partial charge in [0.15, 0.2) is 0 Å². The number of piperidine rings is 1. The fourth-order valence-electron chi connectivity index (χ4n) is 2.25. The van der Waals surface area contributed by atoms with Gasteiger partial charge in [0.2, 0.25) is 0 Å². The third-order valence-corrected chi connectivity index (χ3v) is 6.42. The summed E-state index contributed by atoms with van der Waals surface area (Å²) in [5.41, 5.74) is 0. The molecule has 0 aliphatic carbocycles. The Morgan fingerprint density at radius 2 is 2.29 bits per heavy atom. The van der Waals surface area contributed by atoms with Crippen LogP contribution in [-0.2, 0) is 10.0 Å². The second-order valence-corrected chi connectivity index (χ2v) is 7.27. The molecule has 0 spiro atoms. The topological polar surface area (TPSA) is 57.6 Å². The minimum atomic E-state index is -3.35. The fraction of sp³-hybridized carbons (Fsp3) is 0.636. The molecule has 1 aliphatic rings. The average molecular weight is 275 g/mol. The van der Waals surface area contributed by atoms with E-state index in [9.17, 15) is 8.42 Å². The summed E-state index contributed by atoms with van der Waals surface area (Å²) < 4.78 is 26.7. The monoisotopic (exact) mass is 275 g/mol. The van der Waals surface area contributed by atoms with Crippen LogP contribution in [0.2, 0.25) is 0 Å². The molecule has 1 aromatic heterocycles. The molecule has 1 saturated heterocycles. The van der Waals surface area contributed by atoms with Gasteiger partial charge in [-0.2, -0.15) is 4.31 Å². The van der Waals surface area contributed by atoms with Gasteiger partial charge >= 0.3 is 0 Å². The molecule has 0 amide bonds. The molecule has 96 valence electrons. The molecule has 1 aromatic rings. The molecule has 6 heteroatoms. The van der Waals surface area contributed by atoms with E-state index in [1.54, 1.807) is 21.8 Å². The minimum Gasteiger partial charge on any atom is -0.396 e. The molecule has 17 heavy (non-hydrogen) atoms. The summed E-state index contributed by atoms with van der Waals surface area (Å²) >= 11 is 1.25. The van der Waals surface area contributed by atoms with E-state index >= 15 is 0 Å². The maximum absolute atomic E-state index is 12.4. The number of aliphatic hydroxyl groups excluding tert-OH is 1. The van der Waals surface area contributed by atoms with Crippen LogP contribution in [0.1, 0.15) is 25.7 Å². The van der Waals surface area contributed by atoms with Gasteiger partial charge < -0.3 is 5.11 Å². The first-order chi connectivity index (χ1) is 8.16. The van der Waals surface area contributed by atoms with Crippen LogP contribution in [0.25, 0.3) is 0 Å². The first kappa shape index (κ1) is 13.0. The summed E-state index contributed by atoms with van der Waals surface area (Å²) in [7, 11) is -3.35. The van der Waals surface area contributed by atoms with E-state index in [4.69, 9.17) is 5.11 Å². The molecule has 1 N–H and O–H groups in total. The second-order valence-electron chi connectivity index (χ2n) is 4.21. The smallest absolute Gasteiger partial charge is 0.252 e. The Morgan fingerprint density at radius 1 is 1.47 bits per heavy atom. The van der Waals surface area contributed by atoms with Gasteiger partial charge in [0.1, 0.15) is 4.21 Å². The van der Waals surface area contributed by atoms with E-state index in [-0.39, 0.29) is 12.6 Å². The van der Waals surface area contributed by atoms with Crippen LogP contribution in [0, 0.1) is 0 Å². The lowest BCUT2D eigenvalue weighted by molar-refractivity contribution is 0.193. The quantitative estimate of drug-likeness (QED) is 0.909. The SMILES string of the molecule is O=S(=O)(c1cccs1)N1CCCCC1CCO. The van der Waals surface area contributed by atoms with E-state index in [2.05, 4.69) is 0 Å². The van der Waals surface area contributed by atoms with Crippen LogP contribution in [0.3, 0.4) is 0 Å². The molecule has 0 saturated carbocycles. The van der Waals surface area contributed by atoms with Crippen molar-refractivity contribution in [3.63, 3.8) is 0 Å². The number of hydrogen-bond acceptors (Lipinski definition) is 4. The van der Waals surface area contributed by atoms with E-state index in [1.807, 2.05) is 0 Å². The summed E-state index contributed by atoms with van der Waals surface area (Å²) in [6.45, 7) is 0.617. The molecule has 1 aliphatic heterocycles. The largest absolute Gasteiger partial charge is 0.396 e. The number of aliphatic hydroxyl groups is 1. The minimum absolute atomic E-state index is 0.0409.